The number of aromatic nitrogens is 2. The minimum Gasteiger partial charge on any atom is -0.496 e. The molecule has 0 aliphatic carbocycles. The number of para-hydroxylation sites is 1. The first-order valence-corrected chi connectivity index (χ1v) is 4.56. The maximum atomic E-state index is 5.19. The van der Waals surface area contributed by atoms with E-state index in [2.05, 4.69) is 15.7 Å². The predicted octanol–water partition coefficient (Wildman–Crippen LogP) is 2.01. The van der Waals surface area contributed by atoms with Gasteiger partial charge < -0.3 is 4.74 Å². The molecule has 0 saturated carbocycles. The largest absolute Gasteiger partial charge is 0.496 e. The highest BCUT2D eigenvalue weighted by atomic mass is 32.1. The van der Waals surface area contributed by atoms with E-state index in [1.807, 2.05) is 24.3 Å². The average Bonchev–Trinajstić information content (AvgIpc) is 2.70. The van der Waals surface area contributed by atoms with Gasteiger partial charge in [0.25, 0.3) is 0 Å². The minimum absolute atomic E-state index is 0.813. The molecule has 1 aromatic carbocycles. The smallest absolute Gasteiger partial charge is 0.178 e. The van der Waals surface area contributed by atoms with Crippen molar-refractivity contribution in [2.24, 2.45) is 0 Å². The second-order valence-corrected chi connectivity index (χ2v) is 3.17. The van der Waals surface area contributed by atoms with Gasteiger partial charge in [0.2, 0.25) is 0 Å². The number of rotatable bonds is 2. The van der Waals surface area contributed by atoms with Crippen LogP contribution in [0.2, 0.25) is 0 Å². The molecule has 3 nitrogen and oxygen atoms in total. The van der Waals surface area contributed by atoms with Gasteiger partial charge in [-0.1, -0.05) is 23.5 Å². The van der Waals surface area contributed by atoms with E-state index in [4.69, 9.17) is 4.74 Å². The second-order valence-electron chi connectivity index (χ2n) is 2.40. The predicted molar refractivity (Wildman–Crippen MR) is 50.7 cm³/mol. The Morgan fingerprint density at radius 1 is 1.38 bits per heavy atom. The van der Waals surface area contributed by atoms with E-state index < -0.39 is 0 Å². The zero-order valence-corrected chi connectivity index (χ0v) is 7.84. The van der Waals surface area contributed by atoms with Gasteiger partial charge in [0.15, 0.2) is 10.5 Å². The van der Waals surface area contributed by atoms with Gasteiger partial charge >= 0.3 is 0 Å². The van der Waals surface area contributed by atoms with E-state index in [0.29, 0.717) is 0 Å². The van der Waals surface area contributed by atoms with Gasteiger partial charge in [0.05, 0.1) is 12.7 Å². The highest BCUT2D eigenvalue weighted by molar-refractivity contribution is 7.12. The van der Waals surface area contributed by atoms with Crippen LogP contribution in [0, 0.1) is 5.51 Å². The number of ether oxygens (including phenoxy) is 1. The molecule has 0 aliphatic heterocycles. The second kappa shape index (κ2) is 3.53. The van der Waals surface area contributed by atoms with Crippen LogP contribution in [0.15, 0.2) is 24.3 Å². The third-order valence-corrected chi connectivity index (χ3v) is 2.33. The van der Waals surface area contributed by atoms with Gasteiger partial charge in [-0.15, -0.1) is 10.2 Å². The molecule has 1 heterocycles. The highest BCUT2D eigenvalue weighted by Crippen LogP contribution is 2.29. The first-order chi connectivity index (χ1) is 6.42. The Balaban J connectivity index is 2.51. The Bertz CT molecular complexity index is 386. The summed E-state index contributed by atoms with van der Waals surface area (Å²) in [7, 11) is 1.64. The number of benzene rings is 1. The van der Waals surface area contributed by atoms with Crippen molar-refractivity contribution in [3.63, 3.8) is 0 Å². The summed E-state index contributed by atoms with van der Waals surface area (Å²) in [4.78, 5) is 0. The van der Waals surface area contributed by atoms with Crippen LogP contribution in [0.5, 0.6) is 5.75 Å². The van der Waals surface area contributed by atoms with Crippen molar-refractivity contribution < 1.29 is 4.74 Å². The lowest BCUT2D eigenvalue weighted by atomic mass is 10.2. The van der Waals surface area contributed by atoms with Crippen molar-refractivity contribution in [1.29, 1.82) is 0 Å². The molecule has 1 radical (unpaired) electrons. The van der Waals surface area contributed by atoms with Crippen LogP contribution < -0.4 is 4.74 Å². The zero-order chi connectivity index (χ0) is 9.10. The van der Waals surface area contributed by atoms with Crippen molar-refractivity contribution in [3.05, 3.63) is 29.8 Å². The lowest BCUT2D eigenvalue weighted by molar-refractivity contribution is 0.416. The molecule has 0 fully saturated rings. The van der Waals surface area contributed by atoms with E-state index >= 15 is 0 Å². The van der Waals surface area contributed by atoms with Crippen LogP contribution in [0.4, 0.5) is 0 Å². The molecule has 2 aromatic rings. The Kier molecular flexibility index (Phi) is 2.23. The minimum atomic E-state index is 0.813. The van der Waals surface area contributed by atoms with E-state index in [1.54, 1.807) is 7.11 Å². The summed E-state index contributed by atoms with van der Waals surface area (Å²) < 4.78 is 5.19. The summed E-state index contributed by atoms with van der Waals surface area (Å²) in [5.41, 5.74) is 3.67. The molecule has 2 rings (SSSR count). The molecule has 0 unspecified atom stereocenters. The Hall–Kier alpha value is -1.42. The maximum Gasteiger partial charge on any atom is 0.178 e. The number of methoxy groups -OCH3 is 1. The molecule has 0 saturated heterocycles. The standard InChI is InChI=1S/C9H7N2OS/c1-12-8-5-3-2-4-7(8)9-11-10-6-13-9/h2-5H,1H3. The molecule has 0 atom stereocenters. The number of nitrogens with zero attached hydrogens (tertiary/aromatic N) is 2. The maximum absolute atomic E-state index is 5.19. The topological polar surface area (TPSA) is 35.0 Å². The molecule has 0 spiro atoms. The van der Waals surface area contributed by atoms with Crippen LogP contribution in [-0.2, 0) is 0 Å². The molecule has 13 heavy (non-hydrogen) atoms. The summed E-state index contributed by atoms with van der Waals surface area (Å²) in [5.74, 6) is 0.813. The zero-order valence-electron chi connectivity index (χ0n) is 7.02. The SMILES string of the molecule is COc1ccccc1-c1nn[c]s1. The van der Waals surface area contributed by atoms with Crippen molar-refractivity contribution >= 4 is 11.3 Å². The quantitative estimate of drug-likeness (QED) is 0.728. The summed E-state index contributed by atoms with van der Waals surface area (Å²) in [6.45, 7) is 0. The Morgan fingerprint density at radius 2 is 2.23 bits per heavy atom. The molecule has 0 aliphatic rings. The van der Waals surface area contributed by atoms with Gasteiger partial charge in [0.1, 0.15) is 5.75 Å². The summed E-state index contributed by atoms with van der Waals surface area (Å²) in [6.07, 6.45) is 0. The summed E-state index contributed by atoms with van der Waals surface area (Å²) in [5, 5.41) is 8.42. The van der Waals surface area contributed by atoms with Gasteiger partial charge in [-0.2, -0.15) is 0 Å². The van der Waals surface area contributed by atoms with Gasteiger partial charge in [-0.25, -0.2) is 0 Å². The highest BCUT2D eigenvalue weighted by Gasteiger charge is 2.06. The van der Waals surface area contributed by atoms with Crippen LogP contribution in [0.1, 0.15) is 0 Å². The van der Waals surface area contributed by atoms with E-state index in [9.17, 15) is 0 Å². The molecule has 1 aromatic heterocycles. The van der Waals surface area contributed by atoms with Crippen LogP contribution in [0.3, 0.4) is 0 Å². The summed E-state index contributed by atoms with van der Waals surface area (Å²) >= 11 is 1.38. The Morgan fingerprint density at radius 3 is 2.92 bits per heavy atom. The van der Waals surface area contributed by atoms with Crippen molar-refractivity contribution in [2.45, 2.75) is 0 Å². The lowest BCUT2D eigenvalue weighted by Crippen LogP contribution is -1.86. The van der Waals surface area contributed by atoms with Gasteiger partial charge in [-0.05, 0) is 12.1 Å². The van der Waals surface area contributed by atoms with Gasteiger partial charge in [-0.3, -0.25) is 0 Å². The molecule has 4 heteroatoms. The lowest BCUT2D eigenvalue weighted by Gasteiger charge is -2.03. The molecular formula is C9H7N2OS. The fourth-order valence-corrected chi connectivity index (χ4v) is 1.61. The fraction of sp³-hybridized carbons (Fsp3) is 0.111. The first-order valence-electron chi connectivity index (χ1n) is 3.75. The van der Waals surface area contributed by atoms with E-state index in [0.717, 1.165) is 16.3 Å². The van der Waals surface area contributed by atoms with Crippen LogP contribution in [-0.4, -0.2) is 17.3 Å². The normalized spacial score (nSPS) is 9.92. The first kappa shape index (κ1) is 8.19. The van der Waals surface area contributed by atoms with Crippen LogP contribution >= 0.6 is 11.3 Å². The van der Waals surface area contributed by atoms with Gasteiger partial charge in [0, 0.05) is 0 Å². The third-order valence-electron chi connectivity index (χ3n) is 1.66. The van der Waals surface area contributed by atoms with E-state index in [1.165, 1.54) is 11.3 Å². The monoisotopic (exact) mass is 191 g/mol. The van der Waals surface area contributed by atoms with Crippen molar-refractivity contribution in [1.82, 2.24) is 10.2 Å². The average molecular weight is 191 g/mol. The molecule has 65 valence electrons. The van der Waals surface area contributed by atoms with E-state index in [-0.39, 0.29) is 0 Å². The fourth-order valence-electron chi connectivity index (χ4n) is 1.08. The summed E-state index contributed by atoms with van der Waals surface area (Å²) in [6, 6.07) is 7.72. The molecule has 0 amide bonds. The van der Waals surface area contributed by atoms with Crippen LogP contribution in [0.25, 0.3) is 10.6 Å². The van der Waals surface area contributed by atoms with Crippen molar-refractivity contribution in [3.8, 4) is 16.3 Å². The molecular weight excluding hydrogens is 184 g/mol. The number of hydrogen-bond donors (Lipinski definition) is 0. The third kappa shape index (κ3) is 1.53. The van der Waals surface area contributed by atoms with Crippen molar-refractivity contribution in [2.75, 3.05) is 7.11 Å². The molecule has 0 bridgehead atoms. The number of hydrogen-bond acceptors (Lipinski definition) is 4. The molecule has 0 N–H and O–H groups in total. The Labute approximate surface area is 80.0 Å².